The average molecular weight is 191 g/mol. The third-order valence-corrected chi connectivity index (χ3v) is 1.85. The number of fused-ring (bicyclic) bond motifs is 1. The van der Waals surface area contributed by atoms with E-state index in [0.29, 0.717) is 22.4 Å². The van der Waals surface area contributed by atoms with Gasteiger partial charge >= 0.3 is 0 Å². The summed E-state index contributed by atoms with van der Waals surface area (Å²) in [4.78, 5) is 3.04. The number of rotatable bonds is 0. The Morgan fingerprint density at radius 1 is 1.54 bits per heavy atom. The number of aromatic nitrogens is 1. The van der Waals surface area contributed by atoms with Gasteiger partial charge in [-0.2, -0.15) is 5.26 Å². The van der Waals surface area contributed by atoms with Crippen molar-refractivity contribution in [2.24, 2.45) is 0 Å². The fraction of sp³-hybridized carbons (Fsp3) is 0. The van der Waals surface area contributed by atoms with Crippen LogP contribution < -0.4 is 5.73 Å². The molecule has 3 N–H and O–H groups in total. The molecule has 0 fully saturated rings. The first-order chi connectivity index (χ1) is 6.20. The van der Waals surface area contributed by atoms with Crippen LogP contribution in [0.15, 0.2) is 16.5 Å². The Bertz CT molecular complexity index is 561. The number of oxazole rings is 1. The smallest absolute Gasteiger partial charge is 0.266 e. The molecule has 13 heavy (non-hydrogen) atoms. The van der Waals surface area contributed by atoms with Gasteiger partial charge in [-0.3, -0.25) is 0 Å². The predicted molar refractivity (Wildman–Crippen MR) is 50.5 cm³/mol. The van der Waals surface area contributed by atoms with Crippen molar-refractivity contribution in [2.45, 2.75) is 0 Å². The van der Waals surface area contributed by atoms with Gasteiger partial charge in [0.05, 0.1) is 11.1 Å². The molecule has 1 aromatic heterocycles. The quantitative estimate of drug-likeness (QED) is 0.492. The van der Waals surface area contributed by atoms with Crippen LogP contribution >= 0.6 is 12.2 Å². The van der Waals surface area contributed by atoms with Crippen molar-refractivity contribution >= 4 is 29.0 Å². The van der Waals surface area contributed by atoms with Crippen LogP contribution in [0.3, 0.4) is 0 Å². The summed E-state index contributed by atoms with van der Waals surface area (Å²) in [5.74, 6) is 0. The highest BCUT2D eigenvalue weighted by molar-refractivity contribution is 7.71. The Hall–Kier alpha value is -1.80. The molecule has 0 saturated heterocycles. The van der Waals surface area contributed by atoms with E-state index in [1.54, 1.807) is 12.1 Å². The zero-order valence-electron chi connectivity index (χ0n) is 6.50. The van der Waals surface area contributed by atoms with Crippen LogP contribution in [0.25, 0.3) is 11.1 Å². The average Bonchev–Trinajstić information content (AvgIpc) is 2.43. The van der Waals surface area contributed by atoms with E-state index in [1.165, 1.54) is 0 Å². The van der Waals surface area contributed by atoms with E-state index in [2.05, 4.69) is 4.98 Å². The molecule has 2 rings (SSSR count). The monoisotopic (exact) mass is 191 g/mol. The first kappa shape index (κ1) is 7.83. The number of nitriles is 1. The van der Waals surface area contributed by atoms with Gasteiger partial charge in [0.15, 0.2) is 5.58 Å². The maximum absolute atomic E-state index is 8.76. The van der Waals surface area contributed by atoms with E-state index < -0.39 is 0 Å². The van der Waals surface area contributed by atoms with Crippen LogP contribution in [0.2, 0.25) is 0 Å². The van der Waals surface area contributed by atoms with Crippen LogP contribution in [-0.4, -0.2) is 4.98 Å². The lowest BCUT2D eigenvalue weighted by Gasteiger charge is -1.93. The normalized spacial score (nSPS) is 10.1. The Labute approximate surface area is 78.6 Å². The molecule has 0 aliphatic heterocycles. The predicted octanol–water partition coefficient (Wildman–Crippen LogP) is 1.94. The van der Waals surface area contributed by atoms with Crippen molar-refractivity contribution in [3.8, 4) is 6.07 Å². The molecule has 0 atom stereocenters. The molecule has 0 radical (unpaired) electrons. The molecule has 1 heterocycles. The number of nitrogens with zero attached hydrogens (tertiary/aromatic N) is 1. The molecule has 0 bridgehead atoms. The van der Waals surface area contributed by atoms with Crippen molar-refractivity contribution < 1.29 is 4.42 Å². The molecule has 0 spiro atoms. The van der Waals surface area contributed by atoms with E-state index in [0.717, 1.165) is 0 Å². The first-order valence-corrected chi connectivity index (χ1v) is 3.94. The molecule has 64 valence electrons. The SMILES string of the molecule is N#Cc1cc(N)cc2[nH]c(=S)oc12. The van der Waals surface area contributed by atoms with Gasteiger partial charge in [0.1, 0.15) is 6.07 Å². The number of benzene rings is 1. The highest BCUT2D eigenvalue weighted by atomic mass is 32.1. The number of nitrogens with one attached hydrogen (secondary N) is 1. The molecular weight excluding hydrogens is 186 g/mol. The van der Waals surface area contributed by atoms with Crippen LogP contribution in [0.5, 0.6) is 0 Å². The second-order valence-electron chi connectivity index (χ2n) is 2.57. The number of hydrogen-bond acceptors (Lipinski definition) is 4. The molecule has 4 nitrogen and oxygen atoms in total. The maximum atomic E-state index is 8.76. The molecule has 0 aliphatic carbocycles. The molecule has 1 aromatic carbocycles. The molecule has 0 saturated carbocycles. The largest absolute Gasteiger partial charge is 0.428 e. The maximum Gasteiger partial charge on any atom is 0.266 e. The van der Waals surface area contributed by atoms with Gasteiger partial charge in [0.2, 0.25) is 0 Å². The molecular formula is C8H5N3OS. The van der Waals surface area contributed by atoms with Gasteiger partial charge in [-0.05, 0) is 24.4 Å². The standard InChI is InChI=1S/C8H5N3OS/c9-3-4-1-5(10)2-6-7(4)12-8(13)11-6/h1-2H,10H2,(H,11,13). The summed E-state index contributed by atoms with van der Waals surface area (Å²) in [6.07, 6.45) is 0. The summed E-state index contributed by atoms with van der Waals surface area (Å²) >= 11 is 4.79. The summed E-state index contributed by atoms with van der Waals surface area (Å²) in [6.45, 7) is 0. The van der Waals surface area contributed by atoms with E-state index in [9.17, 15) is 0 Å². The molecule has 2 aromatic rings. The minimum absolute atomic E-state index is 0.247. The van der Waals surface area contributed by atoms with E-state index >= 15 is 0 Å². The lowest BCUT2D eigenvalue weighted by atomic mass is 10.2. The van der Waals surface area contributed by atoms with Crippen LogP contribution in [0.4, 0.5) is 5.69 Å². The topological polar surface area (TPSA) is 78.7 Å². The van der Waals surface area contributed by atoms with Crippen molar-refractivity contribution in [1.82, 2.24) is 4.98 Å². The second kappa shape index (κ2) is 2.61. The van der Waals surface area contributed by atoms with Gasteiger partial charge in [-0.15, -0.1) is 0 Å². The van der Waals surface area contributed by atoms with Gasteiger partial charge < -0.3 is 15.1 Å². The fourth-order valence-electron chi connectivity index (χ4n) is 1.17. The number of H-pyrrole nitrogens is 1. The first-order valence-electron chi connectivity index (χ1n) is 3.53. The van der Waals surface area contributed by atoms with Crippen molar-refractivity contribution in [1.29, 1.82) is 5.26 Å². The zero-order valence-corrected chi connectivity index (χ0v) is 7.31. The molecule has 0 unspecified atom stereocenters. The van der Waals surface area contributed by atoms with E-state index in [-0.39, 0.29) is 4.84 Å². The number of hydrogen-bond donors (Lipinski definition) is 2. The molecule has 5 heteroatoms. The number of nitrogens with two attached hydrogens (primary N) is 1. The highest BCUT2D eigenvalue weighted by Crippen LogP contribution is 2.21. The van der Waals surface area contributed by atoms with E-state index in [1.807, 2.05) is 6.07 Å². The minimum atomic E-state index is 0.247. The van der Waals surface area contributed by atoms with Crippen molar-refractivity contribution in [3.05, 3.63) is 22.5 Å². The number of anilines is 1. The van der Waals surface area contributed by atoms with Crippen LogP contribution in [-0.2, 0) is 0 Å². The van der Waals surface area contributed by atoms with Gasteiger partial charge in [0, 0.05) is 5.69 Å². The van der Waals surface area contributed by atoms with Crippen LogP contribution in [0, 0.1) is 16.2 Å². The van der Waals surface area contributed by atoms with Crippen molar-refractivity contribution in [2.75, 3.05) is 5.73 Å². The highest BCUT2D eigenvalue weighted by Gasteiger charge is 2.06. The third-order valence-electron chi connectivity index (χ3n) is 1.66. The summed E-state index contributed by atoms with van der Waals surface area (Å²) in [6, 6.07) is 5.21. The minimum Gasteiger partial charge on any atom is -0.428 e. The van der Waals surface area contributed by atoms with Crippen molar-refractivity contribution in [3.63, 3.8) is 0 Å². The third kappa shape index (κ3) is 1.17. The Morgan fingerprint density at radius 2 is 2.31 bits per heavy atom. The Balaban J connectivity index is 2.98. The zero-order chi connectivity index (χ0) is 9.42. The van der Waals surface area contributed by atoms with E-state index in [4.69, 9.17) is 27.6 Å². The number of aromatic amines is 1. The van der Waals surface area contributed by atoms with Crippen LogP contribution in [0.1, 0.15) is 5.56 Å². The Morgan fingerprint density at radius 3 is 3.00 bits per heavy atom. The number of nitrogen functional groups attached to an aromatic ring is 1. The van der Waals surface area contributed by atoms with Gasteiger partial charge in [-0.1, -0.05) is 0 Å². The summed E-state index contributed by atoms with van der Waals surface area (Å²) in [5, 5.41) is 8.76. The Kier molecular flexibility index (Phi) is 1.57. The fourth-order valence-corrected chi connectivity index (χ4v) is 1.36. The van der Waals surface area contributed by atoms with Gasteiger partial charge in [-0.25, -0.2) is 0 Å². The summed E-state index contributed by atoms with van der Waals surface area (Å²) in [7, 11) is 0. The van der Waals surface area contributed by atoms with Gasteiger partial charge in [0.25, 0.3) is 4.84 Å². The molecule has 0 aliphatic rings. The summed E-state index contributed by atoms with van der Waals surface area (Å²) < 4.78 is 5.13. The lowest BCUT2D eigenvalue weighted by molar-refractivity contribution is 0.582. The summed E-state index contributed by atoms with van der Waals surface area (Å²) in [5.41, 5.74) is 7.58. The second-order valence-corrected chi connectivity index (χ2v) is 2.94. The molecule has 0 amide bonds. The lowest BCUT2D eigenvalue weighted by Crippen LogP contribution is -1.86.